The van der Waals surface area contributed by atoms with Crippen LogP contribution in [0.15, 0.2) is 46.9 Å². The van der Waals surface area contributed by atoms with E-state index < -0.39 is 0 Å². The van der Waals surface area contributed by atoms with Crippen molar-refractivity contribution in [2.75, 3.05) is 18.0 Å². The molecule has 1 aliphatic rings. The third kappa shape index (κ3) is 2.97. The normalized spacial score (nSPS) is 16.2. The van der Waals surface area contributed by atoms with E-state index in [0.717, 1.165) is 29.7 Å². The number of hydrogen-bond donors (Lipinski definition) is 1. The summed E-state index contributed by atoms with van der Waals surface area (Å²) in [4.78, 5) is 2.38. The van der Waals surface area contributed by atoms with Gasteiger partial charge in [0.15, 0.2) is 0 Å². The second kappa shape index (κ2) is 6.16. The van der Waals surface area contributed by atoms with E-state index >= 15 is 0 Å². The topological polar surface area (TPSA) is 15.3 Å². The van der Waals surface area contributed by atoms with Crippen molar-refractivity contribution in [2.24, 2.45) is 0 Å². The summed E-state index contributed by atoms with van der Waals surface area (Å²) in [6, 6.07) is 13.6. The Balaban J connectivity index is 1.99. The molecule has 2 nitrogen and oxygen atoms in total. The van der Waals surface area contributed by atoms with Gasteiger partial charge in [0.25, 0.3) is 0 Å². The minimum atomic E-state index is -0.212. The fraction of sp³-hybridized carbons (Fsp3) is 0.294. The lowest BCUT2D eigenvalue weighted by atomic mass is 10.0. The molecule has 1 unspecified atom stereocenters. The number of halogens is 2. The van der Waals surface area contributed by atoms with Crippen LogP contribution in [0, 0.1) is 5.82 Å². The maximum absolute atomic E-state index is 13.3. The maximum atomic E-state index is 13.3. The molecule has 1 heterocycles. The molecule has 21 heavy (non-hydrogen) atoms. The average Bonchev–Trinajstić information content (AvgIpc) is 2.69. The molecule has 0 fully saturated rings. The lowest BCUT2D eigenvalue weighted by Crippen LogP contribution is -2.31. The molecule has 1 atom stereocenters. The largest absolute Gasteiger partial charge is 0.363 e. The number of anilines is 1. The first kappa shape index (κ1) is 14.5. The van der Waals surface area contributed by atoms with E-state index in [9.17, 15) is 4.39 Å². The Hall–Kier alpha value is -1.39. The van der Waals surface area contributed by atoms with Gasteiger partial charge in [0.2, 0.25) is 0 Å². The lowest BCUT2D eigenvalue weighted by molar-refractivity contribution is 0.617. The number of hydrogen-bond acceptors (Lipinski definition) is 2. The number of nitrogens with zero attached hydrogens (tertiary/aromatic N) is 1. The molecule has 0 saturated heterocycles. The third-order valence-electron chi connectivity index (χ3n) is 4.03. The van der Waals surface area contributed by atoms with Gasteiger partial charge in [-0.1, -0.05) is 40.2 Å². The molecule has 0 bridgehead atoms. The van der Waals surface area contributed by atoms with E-state index in [4.69, 9.17) is 0 Å². The number of benzene rings is 2. The summed E-state index contributed by atoms with van der Waals surface area (Å²) in [6.45, 7) is 4.93. The van der Waals surface area contributed by atoms with E-state index in [1.165, 1.54) is 23.4 Å². The Labute approximate surface area is 133 Å². The number of nitrogens with one attached hydrogen (secondary N) is 1. The van der Waals surface area contributed by atoms with Crippen molar-refractivity contribution in [1.29, 1.82) is 0 Å². The number of para-hydroxylation sites is 1. The van der Waals surface area contributed by atoms with Crippen LogP contribution in [-0.4, -0.2) is 13.1 Å². The van der Waals surface area contributed by atoms with Crippen LogP contribution in [0.5, 0.6) is 0 Å². The molecular weight excluding hydrogens is 331 g/mol. The highest BCUT2D eigenvalue weighted by Gasteiger charge is 2.22. The minimum absolute atomic E-state index is 0.182. The standard InChI is InChI=1S/C17H18BrFN2/c1-12(15-7-6-14(19)10-16(15)18)21-9-8-20-11-13-4-2-3-5-17(13)21/h2-7,10,12,20H,8-9,11H2,1H3. The van der Waals surface area contributed by atoms with Crippen LogP contribution in [0.25, 0.3) is 0 Å². The van der Waals surface area contributed by atoms with E-state index in [1.54, 1.807) is 0 Å². The third-order valence-corrected chi connectivity index (χ3v) is 4.71. The first-order valence-electron chi connectivity index (χ1n) is 7.17. The summed E-state index contributed by atoms with van der Waals surface area (Å²) in [7, 11) is 0. The highest BCUT2D eigenvalue weighted by molar-refractivity contribution is 9.10. The first-order valence-corrected chi connectivity index (χ1v) is 7.96. The average molecular weight is 349 g/mol. The molecule has 0 spiro atoms. The number of fused-ring (bicyclic) bond motifs is 1. The van der Waals surface area contributed by atoms with Crippen molar-refractivity contribution in [2.45, 2.75) is 19.5 Å². The van der Waals surface area contributed by atoms with Crippen LogP contribution in [0.4, 0.5) is 10.1 Å². The van der Waals surface area contributed by atoms with Gasteiger partial charge in [0.1, 0.15) is 5.82 Å². The second-order valence-corrected chi connectivity index (χ2v) is 6.20. The van der Waals surface area contributed by atoms with E-state index in [0.29, 0.717) is 0 Å². The summed E-state index contributed by atoms with van der Waals surface area (Å²) in [6.07, 6.45) is 0. The Kier molecular flexibility index (Phi) is 4.27. The van der Waals surface area contributed by atoms with Crippen LogP contribution < -0.4 is 10.2 Å². The van der Waals surface area contributed by atoms with Crippen molar-refractivity contribution >= 4 is 21.6 Å². The van der Waals surface area contributed by atoms with Gasteiger partial charge < -0.3 is 10.2 Å². The van der Waals surface area contributed by atoms with Crippen LogP contribution in [0.1, 0.15) is 24.1 Å². The Morgan fingerprint density at radius 2 is 2.05 bits per heavy atom. The molecule has 1 aliphatic heterocycles. The Morgan fingerprint density at radius 1 is 1.24 bits per heavy atom. The zero-order valence-corrected chi connectivity index (χ0v) is 13.5. The molecule has 0 radical (unpaired) electrons. The zero-order valence-electron chi connectivity index (χ0n) is 11.9. The van der Waals surface area contributed by atoms with Crippen molar-refractivity contribution in [3.63, 3.8) is 0 Å². The smallest absolute Gasteiger partial charge is 0.124 e. The molecule has 4 heteroatoms. The van der Waals surface area contributed by atoms with Gasteiger partial charge in [-0.05, 0) is 36.2 Å². The SMILES string of the molecule is CC(c1ccc(F)cc1Br)N1CCNCc2ccccc21. The van der Waals surface area contributed by atoms with Crippen molar-refractivity contribution < 1.29 is 4.39 Å². The van der Waals surface area contributed by atoms with Crippen LogP contribution >= 0.6 is 15.9 Å². The summed E-state index contributed by atoms with van der Waals surface area (Å²) in [5.74, 6) is -0.212. The second-order valence-electron chi connectivity index (χ2n) is 5.34. The highest BCUT2D eigenvalue weighted by atomic mass is 79.9. The highest BCUT2D eigenvalue weighted by Crippen LogP contribution is 2.34. The molecule has 2 aromatic rings. The summed E-state index contributed by atoms with van der Waals surface area (Å²) in [5, 5.41) is 3.45. The van der Waals surface area contributed by atoms with Gasteiger partial charge in [0, 0.05) is 29.8 Å². The maximum Gasteiger partial charge on any atom is 0.124 e. The lowest BCUT2D eigenvalue weighted by Gasteiger charge is -2.32. The Morgan fingerprint density at radius 3 is 2.86 bits per heavy atom. The van der Waals surface area contributed by atoms with Gasteiger partial charge in [-0.2, -0.15) is 0 Å². The molecule has 3 rings (SSSR count). The van der Waals surface area contributed by atoms with Gasteiger partial charge in [-0.25, -0.2) is 4.39 Å². The fourth-order valence-corrected chi connectivity index (χ4v) is 3.58. The minimum Gasteiger partial charge on any atom is -0.363 e. The monoisotopic (exact) mass is 348 g/mol. The van der Waals surface area contributed by atoms with Crippen molar-refractivity contribution in [3.8, 4) is 0 Å². The summed E-state index contributed by atoms with van der Waals surface area (Å²) < 4.78 is 14.1. The molecule has 110 valence electrons. The quantitative estimate of drug-likeness (QED) is 0.872. The van der Waals surface area contributed by atoms with Gasteiger partial charge >= 0.3 is 0 Å². The molecule has 0 amide bonds. The van der Waals surface area contributed by atoms with Crippen LogP contribution in [0.2, 0.25) is 0 Å². The number of rotatable bonds is 2. The summed E-state index contributed by atoms with van der Waals surface area (Å²) >= 11 is 3.49. The van der Waals surface area contributed by atoms with Crippen LogP contribution in [-0.2, 0) is 6.54 Å². The zero-order chi connectivity index (χ0) is 14.8. The van der Waals surface area contributed by atoms with Gasteiger partial charge in [-0.3, -0.25) is 0 Å². The van der Waals surface area contributed by atoms with Crippen molar-refractivity contribution in [3.05, 3.63) is 63.9 Å². The molecule has 0 aromatic heterocycles. The summed E-state index contributed by atoms with van der Waals surface area (Å²) in [5.41, 5.74) is 3.67. The van der Waals surface area contributed by atoms with Crippen LogP contribution in [0.3, 0.4) is 0 Å². The molecule has 0 saturated carbocycles. The van der Waals surface area contributed by atoms with E-state index in [-0.39, 0.29) is 11.9 Å². The molecular formula is C17H18BrFN2. The molecule has 1 N–H and O–H groups in total. The van der Waals surface area contributed by atoms with E-state index in [1.807, 2.05) is 6.07 Å². The fourth-order valence-electron chi connectivity index (χ4n) is 2.89. The van der Waals surface area contributed by atoms with Gasteiger partial charge in [-0.15, -0.1) is 0 Å². The van der Waals surface area contributed by atoms with Crippen molar-refractivity contribution in [1.82, 2.24) is 5.32 Å². The molecule has 0 aliphatic carbocycles. The predicted molar refractivity (Wildman–Crippen MR) is 88.0 cm³/mol. The molecule has 2 aromatic carbocycles. The van der Waals surface area contributed by atoms with E-state index in [2.05, 4.69) is 57.3 Å². The predicted octanol–water partition coefficient (Wildman–Crippen LogP) is 4.26. The van der Waals surface area contributed by atoms with Gasteiger partial charge in [0.05, 0.1) is 6.04 Å². The first-order chi connectivity index (χ1) is 10.2. The Bertz CT molecular complexity index is 644.